The topological polar surface area (TPSA) is 29.8 Å². The number of fused-ring (bicyclic) bond motifs is 3. The summed E-state index contributed by atoms with van der Waals surface area (Å²) in [6.45, 7) is 2.20. The fraction of sp³-hybridized carbons (Fsp3) is 0.267. The minimum atomic E-state index is -0.0781. The zero-order valence-electron chi connectivity index (χ0n) is 11.2. The Morgan fingerprint density at radius 1 is 1.29 bits per heavy atom. The number of morpholine rings is 1. The molecule has 0 N–H and O–H groups in total. The van der Waals surface area contributed by atoms with Crippen LogP contribution in [0.25, 0.3) is 16.6 Å². The van der Waals surface area contributed by atoms with Gasteiger partial charge in [0.2, 0.25) is 0 Å². The molecule has 6 heteroatoms. The number of ether oxygens (including phenoxy) is 1. The van der Waals surface area contributed by atoms with Gasteiger partial charge in [0.15, 0.2) is 5.82 Å². The lowest BCUT2D eigenvalue weighted by Gasteiger charge is -2.32. The predicted molar refractivity (Wildman–Crippen MR) is 88.6 cm³/mol. The van der Waals surface area contributed by atoms with Crippen molar-refractivity contribution in [3.63, 3.8) is 0 Å². The average molecular weight is 320 g/mol. The largest absolute Gasteiger partial charge is 0.364 e. The van der Waals surface area contributed by atoms with Gasteiger partial charge in [-0.05, 0) is 30.3 Å². The second-order valence-corrected chi connectivity index (χ2v) is 6.12. The Bertz CT molecular complexity index is 819. The number of hydrogen-bond donors (Lipinski definition) is 1. The maximum Gasteiger partial charge on any atom is 0.153 e. The standard InChI is InChI=1S/C15H14ClN3OS/c16-10-3-4-12-11(8-10)17-15(13-2-1-5-19(12)13)18-6-7-20-14(21)9-18/h1-5,8,14,21H,6-7,9H2. The predicted octanol–water partition coefficient (Wildman–Crippen LogP) is 3.23. The first-order valence-corrected chi connectivity index (χ1v) is 7.73. The third-order valence-corrected chi connectivity index (χ3v) is 4.30. The molecule has 0 saturated carbocycles. The van der Waals surface area contributed by atoms with Crippen LogP contribution in [0.2, 0.25) is 5.02 Å². The van der Waals surface area contributed by atoms with Gasteiger partial charge in [0.25, 0.3) is 0 Å². The van der Waals surface area contributed by atoms with Crippen molar-refractivity contribution in [1.29, 1.82) is 0 Å². The number of aromatic nitrogens is 2. The third-order valence-electron chi connectivity index (χ3n) is 3.75. The number of halogens is 1. The zero-order valence-corrected chi connectivity index (χ0v) is 12.9. The van der Waals surface area contributed by atoms with Gasteiger partial charge in [0.05, 0.1) is 29.7 Å². The number of benzene rings is 1. The van der Waals surface area contributed by atoms with E-state index in [1.54, 1.807) is 0 Å². The van der Waals surface area contributed by atoms with Crippen LogP contribution in [0.4, 0.5) is 5.82 Å². The Balaban J connectivity index is 1.95. The first kappa shape index (κ1) is 13.2. The molecule has 2 aromatic heterocycles. The molecule has 0 aliphatic carbocycles. The highest BCUT2D eigenvalue weighted by atomic mass is 35.5. The van der Waals surface area contributed by atoms with Crippen LogP contribution in [0.3, 0.4) is 0 Å². The third kappa shape index (κ3) is 2.25. The Kier molecular flexibility index (Phi) is 3.21. The number of rotatable bonds is 1. The summed E-state index contributed by atoms with van der Waals surface area (Å²) in [6.07, 6.45) is 2.05. The van der Waals surface area contributed by atoms with Gasteiger partial charge in [0, 0.05) is 17.8 Å². The van der Waals surface area contributed by atoms with Crippen LogP contribution in [0.5, 0.6) is 0 Å². The fourth-order valence-electron chi connectivity index (χ4n) is 2.79. The van der Waals surface area contributed by atoms with Crippen molar-refractivity contribution in [2.24, 2.45) is 0 Å². The van der Waals surface area contributed by atoms with Crippen molar-refractivity contribution in [2.75, 3.05) is 24.6 Å². The second-order valence-electron chi connectivity index (χ2n) is 5.10. The van der Waals surface area contributed by atoms with E-state index in [0.29, 0.717) is 11.6 Å². The Labute approximate surface area is 132 Å². The molecule has 1 saturated heterocycles. The molecular weight excluding hydrogens is 306 g/mol. The van der Waals surface area contributed by atoms with E-state index >= 15 is 0 Å². The van der Waals surface area contributed by atoms with Crippen LogP contribution >= 0.6 is 24.2 Å². The molecule has 21 heavy (non-hydrogen) atoms. The molecule has 3 heterocycles. The maximum atomic E-state index is 6.11. The van der Waals surface area contributed by atoms with Crippen molar-refractivity contribution in [3.8, 4) is 0 Å². The summed E-state index contributed by atoms with van der Waals surface area (Å²) in [6, 6.07) is 9.91. The van der Waals surface area contributed by atoms with Gasteiger partial charge < -0.3 is 14.0 Å². The van der Waals surface area contributed by atoms with Crippen molar-refractivity contribution in [2.45, 2.75) is 5.44 Å². The number of anilines is 1. The van der Waals surface area contributed by atoms with Crippen LogP contribution in [0.1, 0.15) is 0 Å². The first-order chi connectivity index (χ1) is 10.2. The first-order valence-electron chi connectivity index (χ1n) is 6.83. The Morgan fingerprint density at radius 2 is 2.19 bits per heavy atom. The molecule has 4 rings (SSSR count). The van der Waals surface area contributed by atoms with Crippen LogP contribution in [0.15, 0.2) is 36.5 Å². The summed E-state index contributed by atoms with van der Waals surface area (Å²) in [5.41, 5.74) is 2.96. The molecule has 1 aromatic carbocycles. The highest BCUT2D eigenvalue weighted by molar-refractivity contribution is 7.80. The molecule has 1 atom stereocenters. The number of nitrogens with zero attached hydrogens (tertiary/aromatic N) is 3. The van der Waals surface area contributed by atoms with E-state index in [-0.39, 0.29) is 5.44 Å². The quantitative estimate of drug-likeness (QED) is 0.698. The number of thiol groups is 1. The molecule has 4 nitrogen and oxygen atoms in total. The van der Waals surface area contributed by atoms with E-state index in [1.165, 1.54) is 0 Å². The summed E-state index contributed by atoms with van der Waals surface area (Å²) in [5.74, 6) is 0.956. The number of hydrogen-bond acceptors (Lipinski definition) is 4. The van der Waals surface area contributed by atoms with Gasteiger partial charge in [-0.1, -0.05) is 11.6 Å². The Hall–Kier alpha value is -1.43. The van der Waals surface area contributed by atoms with Gasteiger partial charge >= 0.3 is 0 Å². The van der Waals surface area contributed by atoms with Gasteiger partial charge in [-0.25, -0.2) is 4.98 Å². The van der Waals surface area contributed by atoms with E-state index in [2.05, 4.69) is 34.2 Å². The summed E-state index contributed by atoms with van der Waals surface area (Å²) in [4.78, 5) is 7.04. The maximum absolute atomic E-state index is 6.11. The van der Waals surface area contributed by atoms with E-state index in [1.807, 2.05) is 24.3 Å². The van der Waals surface area contributed by atoms with Gasteiger partial charge in [-0.3, -0.25) is 0 Å². The minimum absolute atomic E-state index is 0.0781. The molecule has 0 bridgehead atoms. The molecule has 1 fully saturated rings. The van der Waals surface area contributed by atoms with Crippen molar-refractivity contribution in [1.82, 2.24) is 9.38 Å². The van der Waals surface area contributed by atoms with Crippen molar-refractivity contribution in [3.05, 3.63) is 41.6 Å². The molecule has 0 amide bonds. The minimum Gasteiger partial charge on any atom is -0.364 e. The van der Waals surface area contributed by atoms with Crippen molar-refractivity contribution >= 4 is 46.6 Å². The molecular formula is C15H14ClN3OS. The van der Waals surface area contributed by atoms with Crippen LogP contribution in [-0.4, -0.2) is 34.5 Å². The summed E-state index contributed by atoms with van der Waals surface area (Å²) in [5, 5.41) is 0.696. The monoisotopic (exact) mass is 319 g/mol. The van der Waals surface area contributed by atoms with E-state index in [4.69, 9.17) is 21.3 Å². The average Bonchev–Trinajstić information content (AvgIpc) is 2.95. The van der Waals surface area contributed by atoms with E-state index in [9.17, 15) is 0 Å². The fourth-order valence-corrected chi connectivity index (χ4v) is 3.26. The molecule has 1 aliphatic rings. The molecule has 1 unspecified atom stereocenters. The smallest absolute Gasteiger partial charge is 0.153 e. The molecule has 3 aromatic rings. The molecule has 108 valence electrons. The SMILES string of the molecule is SC1CN(c2nc3cc(Cl)ccc3n3cccc23)CCO1. The van der Waals surface area contributed by atoms with Gasteiger partial charge in [-0.15, -0.1) is 12.6 Å². The van der Waals surface area contributed by atoms with Gasteiger partial charge in [-0.2, -0.15) is 0 Å². The summed E-state index contributed by atoms with van der Waals surface area (Å²) in [7, 11) is 0. The highest BCUT2D eigenvalue weighted by Crippen LogP contribution is 2.28. The lowest BCUT2D eigenvalue weighted by molar-refractivity contribution is 0.0995. The van der Waals surface area contributed by atoms with E-state index in [0.717, 1.165) is 35.5 Å². The lowest BCUT2D eigenvalue weighted by atomic mass is 10.2. The molecule has 0 radical (unpaired) electrons. The Morgan fingerprint density at radius 3 is 3.05 bits per heavy atom. The van der Waals surface area contributed by atoms with E-state index < -0.39 is 0 Å². The van der Waals surface area contributed by atoms with Gasteiger partial charge in [0.1, 0.15) is 5.44 Å². The highest BCUT2D eigenvalue weighted by Gasteiger charge is 2.21. The van der Waals surface area contributed by atoms with Crippen LogP contribution in [-0.2, 0) is 4.74 Å². The summed E-state index contributed by atoms with van der Waals surface area (Å²) < 4.78 is 7.65. The lowest BCUT2D eigenvalue weighted by Crippen LogP contribution is -2.40. The molecule has 0 spiro atoms. The summed E-state index contributed by atoms with van der Waals surface area (Å²) >= 11 is 10.5. The van der Waals surface area contributed by atoms with Crippen LogP contribution in [0, 0.1) is 0 Å². The zero-order chi connectivity index (χ0) is 14.4. The molecule has 1 aliphatic heterocycles. The normalized spacial score (nSPS) is 19.5. The van der Waals surface area contributed by atoms with Crippen LogP contribution < -0.4 is 4.90 Å². The second kappa shape index (κ2) is 5.09. The van der Waals surface area contributed by atoms with Crippen molar-refractivity contribution < 1.29 is 4.74 Å².